The fraction of sp³-hybridized carbons (Fsp3) is 0.333. The highest BCUT2D eigenvalue weighted by Crippen LogP contribution is 2.79. The Balaban J connectivity index is 1.62. The molecular weight excluding hydrogens is 482 g/mol. The molecule has 33 heavy (non-hydrogen) atoms. The van der Waals surface area contributed by atoms with E-state index in [0.29, 0.717) is 0 Å². The Morgan fingerprint density at radius 1 is 1.18 bits per heavy atom. The second-order valence-electron chi connectivity index (χ2n) is 7.19. The van der Waals surface area contributed by atoms with Crippen LogP contribution in [0, 0.1) is 0 Å². The molecule has 13 nitrogen and oxygen atoms in total. The van der Waals surface area contributed by atoms with Crippen LogP contribution in [0.15, 0.2) is 48.8 Å². The number of nitrogens with zero attached hydrogens (tertiary/aromatic N) is 2. The van der Waals surface area contributed by atoms with E-state index in [2.05, 4.69) is 4.98 Å². The number of pyridine rings is 1. The van der Waals surface area contributed by atoms with Crippen LogP contribution in [0.3, 0.4) is 0 Å². The molecule has 3 heterocycles. The summed E-state index contributed by atoms with van der Waals surface area (Å²) in [5.41, 5.74) is 0.0161. The monoisotopic (exact) mass is 502 g/mol. The topological polar surface area (TPSA) is 185 Å². The lowest BCUT2D eigenvalue weighted by Gasteiger charge is -2.41. The van der Waals surface area contributed by atoms with Crippen LogP contribution >= 0.6 is 15.2 Å². The summed E-state index contributed by atoms with van der Waals surface area (Å²) in [5, 5.41) is 17.3. The fourth-order valence-corrected chi connectivity index (χ4v) is 6.82. The van der Waals surface area contributed by atoms with Gasteiger partial charge in [0.2, 0.25) is 12.7 Å². The van der Waals surface area contributed by atoms with Crippen molar-refractivity contribution in [2.75, 3.05) is 13.2 Å². The molecule has 178 valence electrons. The van der Waals surface area contributed by atoms with Gasteiger partial charge in [-0.25, -0.2) is 4.79 Å². The number of benzene rings is 1. The van der Waals surface area contributed by atoms with Crippen molar-refractivity contribution in [1.29, 1.82) is 0 Å². The maximum atomic E-state index is 13.0. The first-order chi connectivity index (χ1) is 15.5. The molecule has 2 aromatic rings. The van der Waals surface area contributed by atoms with E-state index in [9.17, 15) is 33.9 Å². The van der Waals surface area contributed by atoms with Gasteiger partial charge < -0.3 is 29.5 Å². The normalized spacial score (nSPS) is 34.2. The van der Waals surface area contributed by atoms with Crippen molar-refractivity contribution in [2.24, 2.45) is 0 Å². The molecule has 0 bridgehead atoms. The van der Waals surface area contributed by atoms with Crippen LogP contribution in [0.1, 0.15) is 17.4 Å². The highest BCUT2D eigenvalue weighted by molar-refractivity contribution is 7.73. The third-order valence-electron chi connectivity index (χ3n) is 5.02. The van der Waals surface area contributed by atoms with E-state index in [1.54, 1.807) is 0 Å². The molecular formula is C18H20N2O11P2. The van der Waals surface area contributed by atoms with E-state index >= 15 is 0 Å². The summed E-state index contributed by atoms with van der Waals surface area (Å²) in [6.07, 6.45) is -2.54. The van der Waals surface area contributed by atoms with Crippen molar-refractivity contribution >= 4 is 21.3 Å². The van der Waals surface area contributed by atoms with Crippen LogP contribution < -0.4 is 4.74 Å². The molecule has 2 aliphatic rings. The molecule has 3 atom stereocenters. The van der Waals surface area contributed by atoms with Gasteiger partial charge in [0.25, 0.3) is 5.08 Å². The summed E-state index contributed by atoms with van der Waals surface area (Å²) in [5.74, 6) is -0.232. The molecule has 2 aliphatic heterocycles. The molecule has 3 unspecified atom stereocenters. The number of carbonyl (C=O) groups is 1. The van der Waals surface area contributed by atoms with Gasteiger partial charge in [0.15, 0.2) is 0 Å². The molecule has 1 amide bonds. The smallest absolute Gasteiger partial charge is 0.410 e. The van der Waals surface area contributed by atoms with Crippen LogP contribution in [0.25, 0.3) is 0 Å². The fourth-order valence-electron chi connectivity index (χ4n) is 3.26. The highest BCUT2D eigenvalue weighted by Gasteiger charge is 2.67. The van der Waals surface area contributed by atoms with Gasteiger partial charge in [-0.05, 0) is 17.7 Å². The van der Waals surface area contributed by atoms with Gasteiger partial charge in [-0.15, -0.1) is 0 Å². The average Bonchev–Trinajstić information content (AvgIpc) is 3.19. The molecule has 1 aromatic heterocycles. The summed E-state index contributed by atoms with van der Waals surface area (Å²) >= 11 is 0. The first-order valence-electron chi connectivity index (χ1n) is 9.55. The van der Waals surface area contributed by atoms with E-state index in [-0.39, 0.29) is 30.0 Å². The lowest BCUT2D eigenvalue weighted by Crippen LogP contribution is -2.39. The van der Waals surface area contributed by atoms with Crippen molar-refractivity contribution in [1.82, 2.24) is 9.88 Å². The standard InChI is InChI=1S/C18H20N2O11P2/c21-16-20(8-9-28-16)17(22)29-14-6-2-1-5-13(14)15-30-32(24,25)18(23,33(26,27)31-15)10-12-4-3-7-19-11-12/h1-7,11,15-16,21,23H,8-10H2,(H,24,25)(H,26,27). The first kappa shape index (κ1) is 24.0. The van der Waals surface area contributed by atoms with Gasteiger partial charge >= 0.3 is 21.3 Å². The lowest BCUT2D eigenvalue weighted by atomic mass is 10.2. The van der Waals surface area contributed by atoms with Crippen molar-refractivity contribution in [3.05, 3.63) is 59.9 Å². The largest absolute Gasteiger partial charge is 0.419 e. The molecule has 0 spiro atoms. The Morgan fingerprint density at radius 3 is 2.48 bits per heavy atom. The molecule has 0 saturated carbocycles. The van der Waals surface area contributed by atoms with Crippen molar-refractivity contribution in [2.45, 2.75) is 24.2 Å². The minimum Gasteiger partial charge on any atom is -0.410 e. The summed E-state index contributed by atoms with van der Waals surface area (Å²) in [6.45, 7) is 0.140. The Bertz CT molecular complexity index is 1110. The van der Waals surface area contributed by atoms with Crippen LogP contribution in [-0.2, 0) is 29.3 Å². The van der Waals surface area contributed by atoms with Crippen molar-refractivity contribution < 1.29 is 52.4 Å². The van der Waals surface area contributed by atoms with Gasteiger partial charge in [0, 0.05) is 18.8 Å². The van der Waals surface area contributed by atoms with Crippen LogP contribution in [-0.4, -0.2) is 60.6 Å². The van der Waals surface area contributed by atoms with E-state index in [1.165, 1.54) is 48.8 Å². The second kappa shape index (κ2) is 8.88. The van der Waals surface area contributed by atoms with E-state index < -0.39 is 45.5 Å². The molecule has 4 rings (SSSR count). The third kappa shape index (κ3) is 4.47. The first-order valence-corrected chi connectivity index (χ1v) is 12.7. The summed E-state index contributed by atoms with van der Waals surface area (Å²) in [6, 6.07) is 8.36. The summed E-state index contributed by atoms with van der Waals surface area (Å²) < 4.78 is 46.1. The number of aliphatic hydroxyl groups is 2. The summed E-state index contributed by atoms with van der Waals surface area (Å²) in [7, 11) is -10.4. The SMILES string of the molecule is O=C(Oc1ccccc1C1OP(=O)(O)C(O)(Cc2cccnc2)P(=O)(O)O1)N1CCOC1O. The average molecular weight is 502 g/mol. The molecule has 2 fully saturated rings. The Labute approximate surface area is 187 Å². The second-order valence-corrected chi connectivity index (χ2v) is 11.5. The predicted octanol–water partition coefficient (Wildman–Crippen LogP) is 1.49. The van der Waals surface area contributed by atoms with Crippen LogP contribution in [0.4, 0.5) is 4.79 Å². The third-order valence-corrected chi connectivity index (χ3v) is 9.61. The van der Waals surface area contributed by atoms with Crippen LogP contribution in [0.2, 0.25) is 0 Å². The van der Waals surface area contributed by atoms with E-state index in [1.807, 2.05) is 0 Å². The van der Waals surface area contributed by atoms with Gasteiger partial charge in [-0.2, -0.15) is 0 Å². The highest BCUT2D eigenvalue weighted by atomic mass is 31.2. The molecule has 4 N–H and O–H groups in total. The Hall–Kier alpha value is -2.18. The number of para-hydroxylation sites is 1. The van der Waals surface area contributed by atoms with Gasteiger partial charge in [-0.3, -0.25) is 28.1 Å². The minimum atomic E-state index is -5.22. The summed E-state index contributed by atoms with van der Waals surface area (Å²) in [4.78, 5) is 38.0. The van der Waals surface area contributed by atoms with Crippen molar-refractivity contribution in [3.8, 4) is 5.75 Å². The number of rotatable bonds is 4. The van der Waals surface area contributed by atoms with Gasteiger partial charge in [0.1, 0.15) is 5.75 Å². The number of hydrogen-bond acceptors (Lipinski definition) is 10. The number of hydrogen-bond donors (Lipinski definition) is 4. The molecule has 0 aliphatic carbocycles. The Morgan fingerprint density at radius 2 is 1.88 bits per heavy atom. The molecule has 0 radical (unpaired) electrons. The zero-order chi connectivity index (χ0) is 23.9. The maximum absolute atomic E-state index is 13.0. The van der Waals surface area contributed by atoms with Crippen LogP contribution in [0.5, 0.6) is 5.75 Å². The number of aromatic nitrogens is 1. The quantitative estimate of drug-likeness (QED) is 0.442. The minimum absolute atomic E-state index is 0.0532. The number of aliphatic hydroxyl groups excluding tert-OH is 1. The zero-order valence-corrected chi connectivity index (χ0v) is 18.6. The molecule has 15 heteroatoms. The number of ether oxygens (including phenoxy) is 2. The van der Waals surface area contributed by atoms with Gasteiger partial charge in [0.05, 0.1) is 18.7 Å². The predicted molar refractivity (Wildman–Crippen MR) is 109 cm³/mol. The Kier molecular flexibility index (Phi) is 6.45. The maximum Gasteiger partial charge on any atom is 0.419 e. The van der Waals surface area contributed by atoms with E-state index in [4.69, 9.17) is 18.5 Å². The number of amides is 1. The van der Waals surface area contributed by atoms with E-state index in [0.717, 1.165) is 4.90 Å². The zero-order valence-electron chi connectivity index (χ0n) is 16.8. The van der Waals surface area contributed by atoms with Gasteiger partial charge in [-0.1, -0.05) is 24.3 Å². The van der Waals surface area contributed by atoms with Crippen molar-refractivity contribution in [3.63, 3.8) is 0 Å². The lowest BCUT2D eigenvalue weighted by molar-refractivity contribution is -0.120. The molecule has 1 aromatic carbocycles. The number of carbonyl (C=O) groups excluding carboxylic acids is 1. The molecule has 2 saturated heterocycles.